The Hall–Kier alpha value is -0.590. The van der Waals surface area contributed by atoms with Crippen molar-refractivity contribution >= 4 is 0 Å². The van der Waals surface area contributed by atoms with Crippen molar-refractivity contribution in [2.24, 2.45) is 11.8 Å². The minimum atomic E-state index is 0.0202. The number of rotatable bonds is 5. The number of piperidine rings is 1. The summed E-state index contributed by atoms with van der Waals surface area (Å²) in [5.74, 6) is 1.88. The molecule has 2 fully saturated rings. The lowest BCUT2D eigenvalue weighted by Gasteiger charge is -2.41. The van der Waals surface area contributed by atoms with Gasteiger partial charge in [0.05, 0.1) is 12.1 Å². The quantitative estimate of drug-likeness (QED) is 0.813. The molecule has 0 aromatic carbocycles. The second-order valence-electron chi connectivity index (χ2n) is 6.45. The van der Waals surface area contributed by atoms with Gasteiger partial charge in [0, 0.05) is 25.7 Å². The molecule has 1 aliphatic heterocycles. The molecular formula is C15H27N3. The van der Waals surface area contributed by atoms with Crippen LogP contribution in [0.4, 0.5) is 0 Å². The fourth-order valence-corrected chi connectivity index (χ4v) is 3.62. The number of nitrogens with zero attached hydrogens (tertiary/aromatic N) is 2. The van der Waals surface area contributed by atoms with Gasteiger partial charge in [-0.1, -0.05) is 6.42 Å². The van der Waals surface area contributed by atoms with Crippen molar-refractivity contribution < 1.29 is 0 Å². The van der Waals surface area contributed by atoms with E-state index in [2.05, 4.69) is 30.1 Å². The topological polar surface area (TPSA) is 39.1 Å². The Kier molecular flexibility index (Phi) is 5.03. The Morgan fingerprint density at radius 1 is 1.28 bits per heavy atom. The summed E-state index contributed by atoms with van der Waals surface area (Å²) in [6.07, 6.45) is 6.73. The second kappa shape index (κ2) is 6.54. The van der Waals surface area contributed by atoms with Gasteiger partial charge in [-0.15, -0.1) is 0 Å². The van der Waals surface area contributed by atoms with Gasteiger partial charge in [0.15, 0.2) is 0 Å². The molecule has 2 bridgehead atoms. The molecule has 2 aliphatic rings. The van der Waals surface area contributed by atoms with Gasteiger partial charge in [-0.05, 0) is 51.4 Å². The van der Waals surface area contributed by atoms with Crippen molar-refractivity contribution in [3.63, 3.8) is 0 Å². The van der Waals surface area contributed by atoms with Crippen molar-refractivity contribution in [1.82, 2.24) is 10.2 Å². The molecule has 1 N–H and O–H groups in total. The van der Waals surface area contributed by atoms with Gasteiger partial charge in [-0.2, -0.15) is 5.26 Å². The van der Waals surface area contributed by atoms with Gasteiger partial charge in [0.1, 0.15) is 0 Å². The normalized spacial score (nSPS) is 30.1. The number of fused-ring (bicyclic) bond motifs is 2. The van der Waals surface area contributed by atoms with Crippen LogP contribution >= 0.6 is 0 Å². The maximum absolute atomic E-state index is 9.13. The molecule has 1 saturated heterocycles. The van der Waals surface area contributed by atoms with Gasteiger partial charge >= 0.3 is 0 Å². The molecular weight excluding hydrogens is 222 g/mol. The highest BCUT2D eigenvalue weighted by Gasteiger charge is 2.30. The Balaban J connectivity index is 1.74. The molecule has 18 heavy (non-hydrogen) atoms. The fourth-order valence-electron chi connectivity index (χ4n) is 3.62. The van der Waals surface area contributed by atoms with E-state index in [4.69, 9.17) is 5.26 Å². The highest BCUT2D eigenvalue weighted by molar-refractivity contribution is 4.92. The minimum absolute atomic E-state index is 0.0202. The molecule has 102 valence electrons. The van der Waals surface area contributed by atoms with Crippen LogP contribution in [0.3, 0.4) is 0 Å². The van der Waals surface area contributed by atoms with Crippen LogP contribution in [-0.2, 0) is 0 Å². The molecule has 1 aliphatic carbocycles. The first-order chi connectivity index (χ1) is 8.67. The van der Waals surface area contributed by atoms with Gasteiger partial charge in [-0.3, -0.25) is 5.32 Å². The molecule has 0 amide bonds. The van der Waals surface area contributed by atoms with Crippen molar-refractivity contribution in [3.8, 4) is 6.07 Å². The molecule has 0 aromatic heterocycles. The monoisotopic (exact) mass is 249 g/mol. The molecule has 2 rings (SSSR count). The number of nitriles is 1. The van der Waals surface area contributed by atoms with E-state index in [0.717, 1.165) is 24.8 Å². The Morgan fingerprint density at radius 3 is 2.50 bits per heavy atom. The maximum atomic E-state index is 9.13. The van der Waals surface area contributed by atoms with E-state index in [1.54, 1.807) is 0 Å². The van der Waals surface area contributed by atoms with E-state index < -0.39 is 0 Å². The summed E-state index contributed by atoms with van der Waals surface area (Å²) in [7, 11) is 0. The van der Waals surface area contributed by atoms with Crippen LogP contribution in [-0.4, -0.2) is 36.6 Å². The van der Waals surface area contributed by atoms with E-state index in [1.165, 1.54) is 38.8 Å². The fraction of sp³-hybridized carbons (Fsp3) is 0.933. The Bertz CT molecular complexity index is 283. The van der Waals surface area contributed by atoms with Crippen molar-refractivity contribution in [1.29, 1.82) is 5.26 Å². The zero-order valence-corrected chi connectivity index (χ0v) is 11.9. The lowest BCUT2D eigenvalue weighted by Crippen LogP contribution is -2.44. The van der Waals surface area contributed by atoms with Crippen LogP contribution in [0, 0.1) is 23.2 Å². The predicted molar refractivity (Wildman–Crippen MR) is 74.2 cm³/mol. The number of nitrogens with one attached hydrogen (secondary N) is 1. The SMILES string of the molecule is CC(C)NC(C#N)CCN1CC2CCCC(C2)C1. The molecule has 3 atom stereocenters. The van der Waals surface area contributed by atoms with E-state index in [1.807, 2.05) is 0 Å². The van der Waals surface area contributed by atoms with Crippen LogP contribution in [0.25, 0.3) is 0 Å². The molecule has 0 spiro atoms. The average molecular weight is 249 g/mol. The standard InChI is InChI=1S/C15H27N3/c1-12(2)17-15(9-16)6-7-18-10-13-4-3-5-14(8-13)11-18/h12-15,17H,3-8,10-11H2,1-2H3. The van der Waals surface area contributed by atoms with Crippen molar-refractivity contribution in [3.05, 3.63) is 0 Å². The Labute approximate surface area is 112 Å². The van der Waals surface area contributed by atoms with E-state index in [-0.39, 0.29) is 6.04 Å². The first kappa shape index (κ1) is 13.8. The summed E-state index contributed by atoms with van der Waals surface area (Å²) < 4.78 is 0. The molecule has 1 heterocycles. The van der Waals surface area contributed by atoms with Crippen LogP contribution < -0.4 is 5.32 Å². The van der Waals surface area contributed by atoms with Crippen LogP contribution in [0.1, 0.15) is 46.0 Å². The van der Waals surface area contributed by atoms with Crippen molar-refractivity contribution in [2.45, 2.75) is 58.0 Å². The van der Waals surface area contributed by atoms with Gasteiger partial charge in [-0.25, -0.2) is 0 Å². The van der Waals surface area contributed by atoms with Gasteiger partial charge in [0.25, 0.3) is 0 Å². The molecule has 3 heteroatoms. The predicted octanol–water partition coefficient (Wildman–Crippen LogP) is 2.39. The van der Waals surface area contributed by atoms with Crippen molar-refractivity contribution in [2.75, 3.05) is 19.6 Å². The highest BCUT2D eigenvalue weighted by atomic mass is 15.1. The number of hydrogen-bond acceptors (Lipinski definition) is 3. The molecule has 3 unspecified atom stereocenters. The summed E-state index contributed by atoms with van der Waals surface area (Å²) >= 11 is 0. The third kappa shape index (κ3) is 3.96. The number of hydrogen-bond donors (Lipinski definition) is 1. The van der Waals surface area contributed by atoms with E-state index >= 15 is 0 Å². The van der Waals surface area contributed by atoms with E-state index in [0.29, 0.717) is 6.04 Å². The molecule has 1 saturated carbocycles. The molecule has 3 nitrogen and oxygen atoms in total. The van der Waals surface area contributed by atoms with Gasteiger partial charge < -0.3 is 4.90 Å². The summed E-state index contributed by atoms with van der Waals surface area (Å²) in [6, 6.07) is 2.80. The lowest BCUT2D eigenvalue weighted by atomic mass is 9.78. The minimum Gasteiger partial charge on any atom is -0.303 e. The second-order valence-corrected chi connectivity index (χ2v) is 6.45. The summed E-state index contributed by atoms with van der Waals surface area (Å²) in [4.78, 5) is 2.60. The van der Waals surface area contributed by atoms with Crippen LogP contribution in [0.5, 0.6) is 0 Å². The van der Waals surface area contributed by atoms with Gasteiger partial charge in [0.2, 0.25) is 0 Å². The third-order valence-electron chi connectivity index (χ3n) is 4.35. The zero-order valence-electron chi connectivity index (χ0n) is 11.9. The zero-order chi connectivity index (χ0) is 13.0. The highest BCUT2D eigenvalue weighted by Crippen LogP contribution is 2.34. The molecule has 0 radical (unpaired) electrons. The smallest absolute Gasteiger partial charge is 0.0967 e. The third-order valence-corrected chi connectivity index (χ3v) is 4.35. The average Bonchev–Trinajstić information content (AvgIpc) is 2.33. The van der Waals surface area contributed by atoms with E-state index in [9.17, 15) is 0 Å². The largest absolute Gasteiger partial charge is 0.303 e. The van der Waals surface area contributed by atoms with Crippen LogP contribution in [0.2, 0.25) is 0 Å². The number of likely N-dealkylation sites (tertiary alicyclic amines) is 1. The summed E-state index contributed by atoms with van der Waals surface area (Å²) in [5, 5.41) is 12.5. The Morgan fingerprint density at radius 2 is 1.94 bits per heavy atom. The summed E-state index contributed by atoms with van der Waals surface area (Å²) in [6.45, 7) is 7.85. The maximum Gasteiger partial charge on any atom is 0.0967 e. The lowest BCUT2D eigenvalue weighted by molar-refractivity contribution is 0.0840. The summed E-state index contributed by atoms with van der Waals surface area (Å²) in [5.41, 5.74) is 0. The first-order valence-corrected chi connectivity index (χ1v) is 7.55. The van der Waals surface area contributed by atoms with Crippen LogP contribution in [0.15, 0.2) is 0 Å². The first-order valence-electron chi connectivity index (χ1n) is 7.55. The molecule has 0 aromatic rings.